The smallest absolute Gasteiger partial charge is 0.161 e. The summed E-state index contributed by atoms with van der Waals surface area (Å²) in [5, 5.41) is 0. The van der Waals surface area contributed by atoms with E-state index in [1.807, 2.05) is 0 Å². The molecule has 0 heterocycles. The Hall–Kier alpha value is -0.590. The largest absolute Gasteiger partial charge is 0.294 e. The summed E-state index contributed by atoms with van der Waals surface area (Å²) in [7, 11) is 0. The Balaban J connectivity index is 2.06. The highest BCUT2D eigenvalue weighted by Crippen LogP contribution is 2.49. The Morgan fingerprint density at radius 2 is 1.40 bits per heavy atom. The molecule has 0 saturated heterocycles. The van der Waals surface area contributed by atoms with Crippen LogP contribution in [0.25, 0.3) is 0 Å². The second-order valence-corrected chi connectivity index (χ2v) is 5.98. The van der Waals surface area contributed by atoms with Crippen LogP contribution in [0.1, 0.15) is 46.0 Å². The Morgan fingerprint density at radius 1 is 0.867 bits per heavy atom. The molecule has 82 valence electrons. The Morgan fingerprint density at radius 3 is 2.00 bits per heavy atom. The normalized spacial score (nSPS) is 49.3. The van der Waals surface area contributed by atoms with Gasteiger partial charge in [0.2, 0.25) is 0 Å². The van der Waals surface area contributed by atoms with Gasteiger partial charge in [-0.1, -0.05) is 5.57 Å². The zero-order valence-corrected chi connectivity index (χ0v) is 9.75. The summed E-state index contributed by atoms with van der Waals surface area (Å²) in [4.78, 5) is 12.2. The van der Waals surface area contributed by atoms with Crippen molar-refractivity contribution in [3.63, 3.8) is 0 Å². The van der Waals surface area contributed by atoms with Crippen LogP contribution in [0.4, 0.5) is 0 Å². The first-order valence-electron chi connectivity index (χ1n) is 6.36. The molecule has 0 aliphatic heterocycles. The van der Waals surface area contributed by atoms with Crippen molar-refractivity contribution in [3.05, 3.63) is 11.1 Å². The lowest BCUT2D eigenvalue weighted by Crippen LogP contribution is -2.37. The maximum atomic E-state index is 12.2. The van der Waals surface area contributed by atoms with E-state index in [2.05, 4.69) is 13.8 Å². The quantitative estimate of drug-likeness (QED) is 0.591. The van der Waals surface area contributed by atoms with Crippen molar-refractivity contribution in [3.8, 4) is 0 Å². The number of carbonyl (C=O) groups is 1. The number of hydrogen-bond donors (Lipinski definition) is 0. The van der Waals surface area contributed by atoms with Crippen LogP contribution in [0, 0.1) is 23.7 Å². The lowest BCUT2D eigenvalue weighted by Gasteiger charge is -2.45. The molecular weight excluding hydrogens is 184 g/mol. The summed E-state index contributed by atoms with van der Waals surface area (Å²) >= 11 is 0. The van der Waals surface area contributed by atoms with Gasteiger partial charge in [0.05, 0.1) is 0 Å². The molecule has 0 aromatic heterocycles. The molecule has 0 spiro atoms. The predicted molar refractivity (Wildman–Crippen MR) is 60.4 cm³/mol. The van der Waals surface area contributed by atoms with Gasteiger partial charge in [0.15, 0.2) is 5.78 Å². The average Bonchev–Trinajstić information content (AvgIpc) is 2.24. The molecule has 2 atom stereocenters. The molecular formula is C14H20O. The van der Waals surface area contributed by atoms with E-state index in [-0.39, 0.29) is 0 Å². The van der Waals surface area contributed by atoms with Crippen LogP contribution in [0.2, 0.25) is 0 Å². The molecule has 4 rings (SSSR count). The van der Waals surface area contributed by atoms with Gasteiger partial charge in [-0.3, -0.25) is 4.79 Å². The molecule has 2 fully saturated rings. The standard InChI is InChI=1S/C14H20O/c1-8-9(2)14(15)13-6-10-3-11(7-13)5-12(8)4-10/h10-13H,3-7H2,1-2H3/b9-8-. The topological polar surface area (TPSA) is 17.1 Å². The molecule has 4 aliphatic rings. The number of Topliss-reactive ketones (excluding diaryl/α,β-unsaturated/α-hetero) is 1. The zero-order valence-electron chi connectivity index (χ0n) is 9.75. The van der Waals surface area contributed by atoms with Crippen molar-refractivity contribution in [2.45, 2.75) is 46.0 Å². The van der Waals surface area contributed by atoms with Gasteiger partial charge in [-0.15, -0.1) is 0 Å². The van der Waals surface area contributed by atoms with Gasteiger partial charge < -0.3 is 0 Å². The van der Waals surface area contributed by atoms with E-state index in [9.17, 15) is 4.79 Å². The van der Waals surface area contributed by atoms with Crippen LogP contribution < -0.4 is 0 Å². The molecule has 2 unspecified atom stereocenters. The summed E-state index contributed by atoms with van der Waals surface area (Å²) in [6.45, 7) is 4.25. The first kappa shape index (κ1) is 9.62. The average molecular weight is 204 g/mol. The maximum Gasteiger partial charge on any atom is 0.161 e. The summed E-state index contributed by atoms with van der Waals surface area (Å²) in [6, 6.07) is 0. The number of allylic oxidation sites excluding steroid dienone is 2. The highest BCUT2D eigenvalue weighted by molar-refractivity contribution is 5.97. The minimum Gasteiger partial charge on any atom is -0.294 e. The first-order chi connectivity index (χ1) is 7.15. The number of carbonyl (C=O) groups excluding carboxylic acids is 1. The molecule has 15 heavy (non-hydrogen) atoms. The van der Waals surface area contributed by atoms with Gasteiger partial charge >= 0.3 is 0 Å². The summed E-state index contributed by atoms with van der Waals surface area (Å²) in [6.07, 6.45) is 6.52. The van der Waals surface area contributed by atoms with E-state index in [4.69, 9.17) is 0 Å². The Bertz CT molecular complexity index is 325. The van der Waals surface area contributed by atoms with Gasteiger partial charge in [-0.2, -0.15) is 0 Å². The molecule has 0 radical (unpaired) electrons. The van der Waals surface area contributed by atoms with Gasteiger partial charge in [-0.05, 0) is 69.3 Å². The van der Waals surface area contributed by atoms with Crippen molar-refractivity contribution in [1.29, 1.82) is 0 Å². The molecule has 0 aromatic carbocycles. The van der Waals surface area contributed by atoms with Crippen molar-refractivity contribution in [2.75, 3.05) is 0 Å². The lowest BCUT2D eigenvalue weighted by atomic mass is 9.60. The van der Waals surface area contributed by atoms with Gasteiger partial charge in [-0.25, -0.2) is 0 Å². The van der Waals surface area contributed by atoms with E-state index < -0.39 is 0 Å². The number of rotatable bonds is 0. The van der Waals surface area contributed by atoms with Crippen molar-refractivity contribution in [2.24, 2.45) is 23.7 Å². The predicted octanol–water partition coefficient (Wildman–Crippen LogP) is 3.35. The maximum absolute atomic E-state index is 12.2. The van der Waals surface area contributed by atoms with Crippen molar-refractivity contribution >= 4 is 5.78 Å². The van der Waals surface area contributed by atoms with Crippen molar-refractivity contribution in [1.82, 2.24) is 0 Å². The van der Waals surface area contributed by atoms with E-state index >= 15 is 0 Å². The fourth-order valence-electron chi connectivity index (χ4n) is 4.23. The third-order valence-corrected chi connectivity index (χ3v) is 5.08. The van der Waals surface area contributed by atoms with E-state index in [1.54, 1.807) is 0 Å². The van der Waals surface area contributed by atoms with Crippen molar-refractivity contribution < 1.29 is 4.79 Å². The van der Waals surface area contributed by atoms with Crippen LogP contribution in [0.15, 0.2) is 11.1 Å². The third-order valence-electron chi connectivity index (χ3n) is 5.08. The molecule has 0 aromatic rings. The lowest BCUT2D eigenvalue weighted by molar-refractivity contribution is -0.122. The van der Waals surface area contributed by atoms with E-state index in [0.29, 0.717) is 11.7 Å². The zero-order chi connectivity index (χ0) is 10.6. The second kappa shape index (κ2) is 3.20. The minimum absolute atomic E-state index is 0.380. The Kier molecular flexibility index (Phi) is 2.05. The summed E-state index contributed by atoms with van der Waals surface area (Å²) in [5.74, 6) is 3.31. The van der Waals surface area contributed by atoms with Crippen LogP contribution >= 0.6 is 0 Å². The summed E-state index contributed by atoms with van der Waals surface area (Å²) in [5.41, 5.74) is 2.52. The minimum atomic E-state index is 0.380. The highest BCUT2D eigenvalue weighted by Gasteiger charge is 2.41. The highest BCUT2D eigenvalue weighted by atomic mass is 16.1. The van der Waals surface area contributed by atoms with E-state index in [1.165, 1.54) is 37.7 Å². The van der Waals surface area contributed by atoms with Crippen LogP contribution in [0.5, 0.6) is 0 Å². The van der Waals surface area contributed by atoms with Crippen LogP contribution in [0.3, 0.4) is 0 Å². The monoisotopic (exact) mass is 204 g/mol. The molecule has 1 nitrogen and oxygen atoms in total. The number of ketones is 1. The van der Waals surface area contributed by atoms with Gasteiger partial charge in [0.1, 0.15) is 0 Å². The molecule has 4 bridgehead atoms. The number of hydrogen-bond acceptors (Lipinski definition) is 1. The van der Waals surface area contributed by atoms with Crippen LogP contribution in [-0.2, 0) is 4.79 Å². The van der Waals surface area contributed by atoms with Gasteiger partial charge in [0, 0.05) is 5.92 Å². The molecule has 0 amide bonds. The van der Waals surface area contributed by atoms with Crippen LogP contribution in [-0.4, -0.2) is 5.78 Å². The molecule has 2 saturated carbocycles. The first-order valence-corrected chi connectivity index (χ1v) is 6.36. The van der Waals surface area contributed by atoms with E-state index in [0.717, 1.165) is 23.3 Å². The number of fused-ring (bicyclic) bond motifs is 1. The second-order valence-electron chi connectivity index (χ2n) is 5.98. The molecule has 4 aliphatic carbocycles. The third kappa shape index (κ3) is 1.39. The molecule has 0 N–H and O–H groups in total. The van der Waals surface area contributed by atoms with Gasteiger partial charge in [0.25, 0.3) is 0 Å². The summed E-state index contributed by atoms with van der Waals surface area (Å²) < 4.78 is 0. The Labute approximate surface area is 91.9 Å². The fourth-order valence-corrected chi connectivity index (χ4v) is 4.23. The fraction of sp³-hybridized carbons (Fsp3) is 0.786. The molecule has 1 heteroatoms. The SMILES string of the molecule is C/C1=C(\C)C2CC3CC(CC(C3)C1=O)C2.